The van der Waals surface area contributed by atoms with E-state index < -0.39 is 16.4 Å². The lowest BCUT2D eigenvalue weighted by Crippen LogP contribution is -2.23. The van der Waals surface area contributed by atoms with Gasteiger partial charge in [-0.05, 0) is 19.6 Å². The minimum absolute atomic E-state index is 1.04. The third-order valence-corrected chi connectivity index (χ3v) is 2.97. The first-order chi connectivity index (χ1) is 4.71. The van der Waals surface area contributed by atoms with Crippen molar-refractivity contribution in [3.8, 4) is 0 Å². The molecule has 0 unspecified atom stereocenters. The van der Waals surface area contributed by atoms with Crippen LogP contribution in [0.15, 0.2) is 12.0 Å². The van der Waals surface area contributed by atoms with E-state index in [1.165, 1.54) is 0 Å². The first kappa shape index (κ1) is 11.0. The van der Waals surface area contributed by atoms with Crippen LogP contribution in [0.2, 0.25) is 39.3 Å². The summed E-state index contributed by atoms with van der Waals surface area (Å²) in [5.74, 6) is 0. The topological polar surface area (TPSA) is 9.23 Å². The van der Waals surface area contributed by atoms with E-state index in [0.29, 0.717) is 0 Å². The number of rotatable bonds is 3. The van der Waals surface area contributed by atoms with Gasteiger partial charge < -0.3 is 4.43 Å². The molecule has 0 bridgehead atoms. The van der Waals surface area contributed by atoms with Gasteiger partial charge in [0.05, 0.1) is 14.3 Å². The van der Waals surface area contributed by atoms with Crippen LogP contribution in [0.1, 0.15) is 0 Å². The Morgan fingerprint density at radius 3 is 1.64 bits per heavy atom. The van der Waals surface area contributed by atoms with Gasteiger partial charge in [0.2, 0.25) is 8.32 Å². The normalized spacial score (nSPS) is 14.0. The average molecular weight is 188 g/mol. The Morgan fingerprint density at radius 1 is 0.909 bits per heavy atom. The Hall–Kier alpha value is -0.0262. The molecule has 1 nitrogen and oxygen atoms in total. The largest absolute Gasteiger partial charge is 0.550 e. The smallest absolute Gasteiger partial charge is 0.241 e. The quantitative estimate of drug-likeness (QED) is 0.488. The SMILES string of the molecule is C[Si](C)(C)/C=C\O[Si](C)(C)C. The van der Waals surface area contributed by atoms with Gasteiger partial charge in [-0.1, -0.05) is 25.3 Å². The molecule has 0 aliphatic carbocycles. The standard InChI is InChI=1S/C8H20OSi2/c1-10(2,3)8-7-9-11(4,5)6/h7-8H,1-6H3/b8-7-. The zero-order chi connectivity index (χ0) is 9.12. The summed E-state index contributed by atoms with van der Waals surface area (Å²) in [6, 6.07) is 0. The van der Waals surface area contributed by atoms with Gasteiger partial charge in [0.25, 0.3) is 0 Å². The van der Waals surface area contributed by atoms with Crippen LogP contribution in [0.5, 0.6) is 0 Å². The van der Waals surface area contributed by atoms with Crippen molar-refractivity contribution in [2.24, 2.45) is 0 Å². The summed E-state index contributed by atoms with van der Waals surface area (Å²) in [4.78, 5) is 0. The molecule has 0 amide bonds. The monoisotopic (exact) mass is 188 g/mol. The van der Waals surface area contributed by atoms with Crippen molar-refractivity contribution < 1.29 is 4.43 Å². The molecule has 0 fully saturated rings. The van der Waals surface area contributed by atoms with Gasteiger partial charge in [0.15, 0.2) is 0 Å². The molecule has 0 spiro atoms. The van der Waals surface area contributed by atoms with Crippen LogP contribution in [-0.4, -0.2) is 16.4 Å². The van der Waals surface area contributed by atoms with E-state index in [1.807, 2.05) is 6.26 Å². The van der Waals surface area contributed by atoms with Crippen LogP contribution in [-0.2, 0) is 4.43 Å². The highest BCUT2D eigenvalue weighted by Crippen LogP contribution is 2.06. The molecule has 0 aliphatic rings. The molecule has 0 heterocycles. The highest BCUT2D eigenvalue weighted by atomic mass is 28.4. The summed E-state index contributed by atoms with van der Waals surface area (Å²) in [5.41, 5.74) is 2.24. The Bertz CT molecular complexity index is 139. The minimum atomic E-state index is -1.32. The molecule has 0 radical (unpaired) electrons. The Balaban J connectivity index is 3.80. The summed E-state index contributed by atoms with van der Waals surface area (Å²) in [6.07, 6.45) is 1.92. The maximum absolute atomic E-state index is 5.60. The molecule has 0 aromatic rings. The van der Waals surface area contributed by atoms with E-state index in [-0.39, 0.29) is 0 Å². The van der Waals surface area contributed by atoms with Gasteiger partial charge in [-0.2, -0.15) is 0 Å². The molecule has 0 atom stereocenters. The predicted octanol–water partition coefficient (Wildman–Crippen LogP) is 3.23. The average Bonchev–Trinajstić information content (AvgIpc) is 1.55. The van der Waals surface area contributed by atoms with E-state index in [2.05, 4.69) is 45.0 Å². The van der Waals surface area contributed by atoms with Gasteiger partial charge in [0, 0.05) is 0 Å². The lowest BCUT2D eigenvalue weighted by Gasteiger charge is -2.16. The highest BCUT2D eigenvalue weighted by Gasteiger charge is 2.14. The molecule has 0 aromatic carbocycles. The number of hydrogen-bond acceptors (Lipinski definition) is 1. The van der Waals surface area contributed by atoms with Crippen molar-refractivity contribution in [2.75, 3.05) is 0 Å². The predicted molar refractivity (Wildman–Crippen MR) is 56.9 cm³/mol. The van der Waals surface area contributed by atoms with Crippen LogP contribution < -0.4 is 0 Å². The molecule has 0 N–H and O–H groups in total. The van der Waals surface area contributed by atoms with Crippen molar-refractivity contribution in [2.45, 2.75) is 39.3 Å². The molecular weight excluding hydrogens is 168 g/mol. The van der Waals surface area contributed by atoms with Crippen LogP contribution in [0.3, 0.4) is 0 Å². The van der Waals surface area contributed by atoms with E-state index >= 15 is 0 Å². The summed E-state index contributed by atoms with van der Waals surface area (Å²) >= 11 is 0. The second-order valence-electron chi connectivity index (χ2n) is 4.90. The third-order valence-electron chi connectivity index (χ3n) is 0.990. The van der Waals surface area contributed by atoms with Gasteiger partial charge in [-0.3, -0.25) is 0 Å². The van der Waals surface area contributed by atoms with Crippen molar-refractivity contribution in [1.82, 2.24) is 0 Å². The molecule has 0 aromatic heterocycles. The molecule has 11 heavy (non-hydrogen) atoms. The molecule has 0 aliphatic heterocycles. The first-order valence-corrected chi connectivity index (χ1v) is 11.0. The van der Waals surface area contributed by atoms with Gasteiger partial charge in [-0.15, -0.1) is 0 Å². The highest BCUT2D eigenvalue weighted by molar-refractivity contribution is 6.81. The molecular formula is C8H20OSi2. The summed E-state index contributed by atoms with van der Waals surface area (Å²) in [5, 5.41) is 0. The van der Waals surface area contributed by atoms with E-state index in [4.69, 9.17) is 4.43 Å². The Morgan fingerprint density at radius 2 is 1.36 bits per heavy atom. The van der Waals surface area contributed by atoms with Crippen LogP contribution in [0.4, 0.5) is 0 Å². The third kappa shape index (κ3) is 9.97. The van der Waals surface area contributed by atoms with Crippen molar-refractivity contribution in [3.05, 3.63) is 12.0 Å². The van der Waals surface area contributed by atoms with Crippen LogP contribution in [0.25, 0.3) is 0 Å². The molecule has 0 saturated carbocycles. The molecule has 0 saturated heterocycles. The van der Waals surface area contributed by atoms with E-state index in [1.54, 1.807) is 0 Å². The van der Waals surface area contributed by atoms with Crippen molar-refractivity contribution in [3.63, 3.8) is 0 Å². The maximum Gasteiger partial charge on any atom is 0.241 e. The van der Waals surface area contributed by atoms with Crippen LogP contribution in [0, 0.1) is 0 Å². The number of hydrogen-bond donors (Lipinski definition) is 0. The minimum Gasteiger partial charge on any atom is -0.550 e. The van der Waals surface area contributed by atoms with E-state index in [9.17, 15) is 0 Å². The Labute approximate surface area is 72.6 Å². The van der Waals surface area contributed by atoms with Gasteiger partial charge >= 0.3 is 0 Å². The summed E-state index contributed by atoms with van der Waals surface area (Å²) in [6.45, 7) is 13.5. The lowest BCUT2D eigenvalue weighted by molar-refractivity contribution is 0.480. The van der Waals surface area contributed by atoms with Gasteiger partial charge in [0.1, 0.15) is 0 Å². The zero-order valence-electron chi connectivity index (χ0n) is 8.56. The van der Waals surface area contributed by atoms with E-state index in [0.717, 1.165) is 0 Å². The fraction of sp³-hybridized carbons (Fsp3) is 0.750. The molecule has 66 valence electrons. The Kier molecular flexibility index (Phi) is 3.57. The molecule has 3 heteroatoms. The summed E-state index contributed by atoms with van der Waals surface area (Å²) < 4.78 is 5.60. The summed E-state index contributed by atoms with van der Waals surface area (Å²) in [7, 11) is -2.36. The fourth-order valence-corrected chi connectivity index (χ4v) is 1.53. The molecule has 0 rings (SSSR count). The maximum atomic E-state index is 5.60. The van der Waals surface area contributed by atoms with Crippen molar-refractivity contribution >= 4 is 16.4 Å². The van der Waals surface area contributed by atoms with Crippen LogP contribution >= 0.6 is 0 Å². The fourth-order valence-electron chi connectivity index (χ4n) is 0.442. The zero-order valence-corrected chi connectivity index (χ0v) is 10.6. The van der Waals surface area contributed by atoms with Crippen molar-refractivity contribution in [1.29, 1.82) is 0 Å². The van der Waals surface area contributed by atoms with Gasteiger partial charge in [-0.25, -0.2) is 0 Å². The first-order valence-electron chi connectivity index (χ1n) is 4.06. The lowest BCUT2D eigenvalue weighted by atomic mass is 11.2. The second-order valence-corrected chi connectivity index (χ2v) is 14.4. The second kappa shape index (κ2) is 3.58.